The van der Waals surface area contributed by atoms with Crippen LogP contribution in [-0.2, 0) is 4.79 Å². The second kappa shape index (κ2) is 10.2. The number of furan rings is 1. The average molecular weight is 336 g/mol. The molecular weight excluding hydrogens is 304 g/mol. The maximum atomic E-state index is 12.8. The fourth-order valence-electron chi connectivity index (χ4n) is 2.66. The Labute approximate surface area is 145 Å². The van der Waals surface area contributed by atoms with Gasteiger partial charge in [-0.2, -0.15) is 0 Å². The van der Waals surface area contributed by atoms with Crippen LogP contribution in [0.15, 0.2) is 10.5 Å². The monoisotopic (exact) mass is 336 g/mol. The van der Waals surface area contributed by atoms with Crippen LogP contribution in [0.25, 0.3) is 0 Å². The second-order valence-electron chi connectivity index (χ2n) is 6.78. The zero-order valence-corrected chi connectivity index (χ0v) is 15.8. The highest BCUT2D eigenvalue weighted by Gasteiger charge is 2.21. The van der Waals surface area contributed by atoms with E-state index >= 15 is 0 Å². The van der Waals surface area contributed by atoms with Crippen molar-refractivity contribution in [3.63, 3.8) is 0 Å². The van der Waals surface area contributed by atoms with Crippen LogP contribution in [0.3, 0.4) is 0 Å². The fourth-order valence-corrected chi connectivity index (χ4v) is 2.66. The number of hydrogen-bond acceptors (Lipinski definition) is 3. The molecule has 0 bridgehead atoms. The molecule has 24 heavy (non-hydrogen) atoms. The molecular formula is C19H32N2O3. The Morgan fingerprint density at radius 1 is 1.25 bits per heavy atom. The van der Waals surface area contributed by atoms with Crippen LogP contribution >= 0.6 is 0 Å². The van der Waals surface area contributed by atoms with Crippen LogP contribution in [0, 0.1) is 19.8 Å². The number of nitrogens with zero attached hydrogens (tertiary/aromatic N) is 1. The summed E-state index contributed by atoms with van der Waals surface area (Å²) in [6.07, 6.45) is 3.60. The highest BCUT2D eigenvalue weighted by molar-refractivity contribution is 5.95. The van der Waals surface area contributed by atoms with Crippen molar-refractivity contribution in [2.45, 2.75) is 60.3 Å². The van der Waals surface area contributed by atoms with Crippen molar-refractivity contribution in [1.29, 1.82) is 0 Å². The third-order valence-electron chi connectivity index (χ3n) is 3.86. The molecule has 1 N–H and O–H groups in total. The molecule has 0 aliphatic heterocycles. The molecule has 1 aromatic rings. The maximum Gasteiger partial charge on any atom is 0.257 e. The van der Waals surface area contributed by atoms with Gasteiger partial charge in [-0.3, -0.25) is 9.59 Å². The standard InChI is InChI=1S/C19H32N2O3/c1-6-7-8-10-20-18(22)9-11-21(13-14(2)3)19(23)17-12-15(4)24-16(17)5/h12,14H,6-11,13H2,1-5H3,(H,20,22). The minimum atomic E-state index is -0.0585. The lowest BCUT2D eigenvalue weighted by molar-refractivity contribution is -0.121. The van der Waals surface area contributed by atoms with Gasteiger partial charge in [-0.1, -0.05) is 33.6 Å². The van der Waals surface area contributed by atoms with Gasteiger partial charge < -0.3 is 14.6 Å². The molecule has 0 aromatic carbocycles. The van der Waals surface area contributed by atoms with Gasteiger partial charge in [-0.15, -0.1) is 0 Å². The number of hydrogen-bond donors (Lipinski definition) is 1. The molecule has 5 nitrogen and oxygen atoms in total. The first-order chi connectivity index (χ1) is 11.3. The maximum absolute atomic E-state index is 12.8. The molecule has 0 saturated heterocycles. The van der Waals surface area contributed by atoms with Gasteiger partial charge in [0.1, 0.15) is 11.5 Å². The molecule has 1 aromatic heterocycles. The first-order valence-electron chi connectivity index (χ1n) is 8.98. The number of nitrogens with one attached hydrogen (secondary N) is 1. The first kappa shape index (κ1) is 20.3. The molecule has 0 aliphatic carbocycles. The van der Waals surface area contributed by atoms with E-state index in [-0.39, 0.29) is 11.8 Å². The average Bonchev–Trinajstić information content (AvgIpc) is 2.85. The van der Waals surface area contributed by atoms with E-state index < -0.39 is 0 Å². The van der Waals surface area contributed by atoms with Crippen LogP contribution in [0.5, 0.6) is 0 Å². The Morgan fingerprint density at radius 3 is 2.50 bits per heavy atom. The lowest BCUT2D eigenvalue weighted by Crippen LogP contribution is -2.37. The van der Waals surface area contributed by atoms with E-state index in [1.165, 1.54) is 0 Å². The summed E-state index contributed by atoms with van der Waals surface area (Å²) in [5.74, 6) is 1.66. The topological polar surface area (TPSA) is 62.6 Å². The van der Waals surface area contributed by atoms with Gasteiger partial charge in [-0.25, -0.2) is 0 Å². The first-order valence-corrected chi connectivity index (χ1v) is 8.98. The van der Waals surface area contributed by atoms with Crippen LogP contribution in [0.1, 0.15) is 68.3 Å². The summed E-state index contributed by atoms with van der Waals surface area (Å²) in [5.41, 5.74) is 0.594. The molecule has 5 heteroatoms. The molecule has 0 radical (unpaired) electrons. The van der Waals surface area contributed by atoms with Crippen LogP contribution in [-0.4, -0.2) is 36.3 Å². The summed E-state index contributed by atoms with van der Waals surface area (Å²) in [5, 5.41) is 2.92. The van der Waals surface area contributed by atoms with Crippen LogP contribution in [0.2, 0.25) is 0 Å². The fraction of sp³-hybridized carbons (Fsp3) is 0.684. The third-order valence-corrected chi connectivity index (χ3v) is 3.86. The van der Waals surface area contributed by atoms with Gasteiger partial charge >= 0.3 is 0 Å². The van der Waals surface area contributed by atoms with Gasteiger partial charge in [0.05, 0.1) is 5.56 Å². The van der Waals surface area contributed by atoms with Crippen molar-refractivity contribution in [3.8, 4) is 0 Å². The summed E-state index contributed by atoms with van der Waals surface area (Å²) < 4.78 is 5.47. The molecule has 0 fully saturated rings. The predicted molar refractivity (Wildman–Crippen MR) is 96.1 cm³/mol. The van der Waals surface area contributed by atoms with Crippen molar-refractivity contribution in [2.75, 3.05) is 19.6 Å². The van der Waals surface area contributed by atoms with Gasteiger partial charge in [0, 0.05) is 26.1 Å². The lowest BCUT2D eigenvalue weighted by atomic mass is 10.1. The highest BCUT2D eigenvalue weighted by atomic mass is 16.3. The Hall–Kier alpha value is -1.78. The molecule has 1 heterocycles. The minimum absolute atomic E-state index is 0.00718. The Balaban J connectivity index is 2.60. The molecule has 0 aliphatic rings. The molecule has 136 valence electrons. The van der Waals surface area contributed by atoms with Gasteiger partial charge in [0.15, 0.2) is 0 Å². The smallest absolute Gasteiger partial charge is 0.257 e. The molecule has 0 spiro atoms. The number of carbonyl (C=O) groups is 2. The van der Waals surface area contributed by atoms with E-state index in [1.54, 1.807) is 17.9 Å². The Kier molecular flexibility index (Phi) is 8.58. The molecule has 1 rings (SSSR count). The molecule has 0 atom stereocenters. The second-order valence-corrected chi connectivity index (χ2v) is 6.78. The summed E-state index contributed by atoms with van der Waals surface area (Å²) in [4.78, 5) is 26.5. The molecule has 0 unspecified atom stereocenters. The largest absolute Gasteiger partial charge is 0.466 e. The van der Waals surface area contributed by atoms with E-state index in [0.29, 0.717) is 43.3 Å². The molecule has 2 amide bonds. The Bertz CT molecular complexity index is 535. The van der Waals surface area contributed by atoms with Crippen LogP contribution in [0.4, 0.5) is 0 Å². The number of aryl methyl sites for hydroxylation is 2. The zero-order chi connectivity index (χ0) is 18.1. The SMILES string of the molecule is CCCCCNC(=O)CCN(CC(C)C)C(=O)c1cc(C)oc1C. The number of rotatable bonds is 10. The van der Waals surface area contributed by atoms with Crippen molar-refractivity contribution in [2.24, 2.45) is 5.92 Å². The summed E-state index contributed by atoms with van der Waals surface area (Å²) in [6.45, 7) is 11.7. The number of carbonyl (C=O) groups excluding carboxylic acids is 2. The van der Waals surface area contributed by atoms with E-state index in [1.807, 2.05) is 6.92 Å². The lowest BCUT2D eigenvalue weighted by Gasteiger charge is -2.24. The highest BCUT2D eigenvalue weighted by Crippen LogP contribution is 2.17. The summed E-state index contributed by atoms with van der Waals surface area (Å²) in [6, 6.07) is 1.77. The van der Waals surface area contributed by atoms with Gasteiger partial charge in [0.2, 0.25) is 5.91 Å². The van der Waals surface area contributed by atoms with E-state index in [2.05, 4.69) is 26.1 Å². The van der Waals surface area contributed by atoms with Crippen molar-refractivity contribution in [1.82, 2.24) is 10.2 Å². The van der Waals surface area contributed by atoms with Crippen molar-refractivity contribution < 1.29 is 14.0 Å². The zero-order valence-electron chi connectivity index (χ0n) is 15.8. The van der Waals surface area contributed by atoms with Gasteiger partial charge in [-0.05, 0) is 32.3 Å². The predicted octanol–water partition coefficient (Wildman–Crippen LogP) is 3.69. The normalized spacial score (nSPS) is 10.9. The van der Waals surface area contributed by atoms with Crippen molar-refractivity contribution in [3.05, 3.63) is 23.2 Å². The summed E-state index contributed by atoms with van der Waals surface area (Å²) >= 11 is 0. The quantitative estimate of drug-likeness (QED) is 0.663. The van der Waals surface area contributed by atoms with E-state index in [4.69, 9.17) is 4.42 Å². The number of amides is 2. The van der Waals surface area contributed by atoms with Crippen molar-refractivity contribution >= 4 is 11.8 Å². The third kappa shape index (κ3) is 6.77. The number of unbranched alkanes of at least 4 members (excludes halogenated alkanes) is 2. The van der Waals surface area contributed by atoms with Gasteiger partial charge in [0.25, 0.3) is 5.91 Å². The van der Waals surface area contributed by atoms with Crippen LogP contribution < -0.4 is 5.32 Å². The molecule has 0 saturated carbocycles. The minimum Gasteiger partial charge on any atom is -0.466 e. The van der Waals surface area contributed by atoms with E-state index in [0.717, 1.165) is 25.0 Å². The Morgan fingerprint density at radius 2 is 1.96 bits per heavy atom. The van der Waals surface area contributed by atoms with E-state index in [9.17, 15) is 9.59 Å². The summed E-state index contributed by atoms with van der Waals surface area (Å²) in [7, 11) is 0.